The zero-order valence-electron chi connectivity index (χ0n) is 22.8. The van der Waals surface area contributed by atoms with Gasteiger partial charge in [0.2, 0.25) is 5.91 Å². The first-order valence-electron chi connectivity index (χ1n) is 14.0. The molecule has 5 rings (SSSR count). The largest absolute Gasteiger partial charge is 0.416 e. The summed E-state index contributed by atoms with van der Waals surface area (Å²) in [6.45, 7) is 0.158. The molecule has 2 fully saturated rings. The van der Waals surface area contributed by atoms with Gasteiger partial charge in [-0.15, -0.1) is 0 Å². The fourth-order valence-corrected chi connectivity index (χ4v) is 5.95. The van der Waals surface area contributed by atoms with Gasteiger partial charge in [-0.05, 0) is 61.1 Å². The number of H-pyrrole nitrogens is 1. The number of hydrogen-bond donors (Lipinski definition) is 1. The zero-order chi connectivity index (χ0) is 30.1. The molecular weight excluding hydrogens is 560 g/mol. The molecule has 2 amide bonds. The Morgan fingerprint density at radius 3 is 2.24 bits per heavy atom. The number of para-hydroxylation sites is 1. The van der Waals surface area contributed by atoms with Crippen LogP contribution in [0.5, 0.6) is 0 Å². The van der Waals surface area contributed by atoms with Gasteiger partial charge in [-0.1, -0.05) is 43.5 Å². The maximum absolute atomic E-state index is 13.6. The summed E-state index contributed by atoms with van der Waals surface area (Å²) in [6.07, 6.45) is 0.793. The minimum atomic E-state index is -5.07. The van der Waals surface area contributed by atoms with Crippen molar-refractivity contribution in [2.45, 2.75) is 56.9 Å². The Labute approximate surface area is 239 Å². The Kier molecular flexibility index (Phi) is 8.39. The molecule has 2 heterocycles. The van der Waals surface area contributed by atoms with E-state index in [4.69, 9.17) is 0 Å². The van der Waals surface area contributed by atoms with Gasteiger partial charge in [0.05, 0.1) is 17.2 Å². The summed E-state index contributed by atoms with van der Waals surface area (Å²) in [5, 5.41) is 0.879. The van der Waals surface area contributed by atoms with Crippen LogP contribution < -0.4 is 0 Å². The monoisotopic (exact) mass is 591 g/mol. The molecule has 2 aliphatic rings. The predicted molar refractivity (Wildman–Crippen MR) is 146 cm³/mol. The third-order valence-corrected chi connectivity index (χ3v) is 8.18. The fraction of sp³-hybridized carbons (Fsp3) is 0.419. The van der Waals surface area contributed by atoms with E-state index in [9.17, 15) is 35.9 Å². The Morgan fingerprint density at radius 2 is 1.57 bits per heavy atom. The number of allylic oxidation sites excluding steroid dienone is 1. The van der Waals surface area contributed by atoms with Crippen LogP contribution in [-0.2, 0) is 23.6 Å². The Bertz CT molecular complexity index is 1440. The number of carbonyl (C=O) groups is 2. The number of benzene rings is 2. The summed E-state index contributed by atoms with van der Waals surface area (Å²) < 4.78 is 81.1. The first-order chi connectivity index (χ1) is 19.9. The van der Waals surface area contributed by atoms with E-state index in [0.717, 1.165) is 42.1 Å². The summed E-state index contributed by atoms with van der Waals surface area (Å²) in [6, 6.07) is 7.71. The van der Waals surface area contributed by atoms with Gasteiger partial charge in [0.25, 0.3) is 5.91 Å². The van der Waals surface area contributed by atoms with Crippen LogP contribution in [0.25, 0.3) is 10.9 Å². The molecule has 1 atom stereocenters. The summed E-state index contributed by atoms with van der Waals surface area (Å²) in [7, 11) is 0. The number of piperazine rings is 1. The molecule has 1 aromatic heterocycles. The second-order valence-electron chi connectivity index (χ2n) is 11.1. The van der Waals surface area contributed by atoms with Crippen LogP contribution in [0.15, 0.2) is 60.8 Å². The van der Waals surface area contributed by atoms with Crippen molar-refractivity contribution < 1.29 is 35.9 Å². The van der Waals surface area contributed by atoms with Crippen LogP contribution >= 0.6 is 0 Å². The van der Waals surface area contributed by atoms with Crippen LogP contribution in [0.2, 0.25) is 0 Å². The van der Waals surface area contributed by atoms with Gasteiger partial charge in [-0.2, -0.15) is 26.3 Å². The highest BCUT2D eigenvalue weighted by molar-refractivity contribution is 5.95. The SMILES string of the molecule is O=C(/C=C/C1CCCCC1)N1CCN(C(=O)c2cc(C(F)(F)F)cc(C(F)(F)F)c2)C(Cc2c[nH]c3ccccc23)C1. The molecule has 1 N–H and O–H groups in total. The van der Waals surface area contributed by atoms with E-state index in [-0.39, 0.29) is 38.0 Å². The van der Waals surface area contributed by atoms with Gasteiger partial charge < -0.3 is 14.8 Å². The molecule has 2 aromatic carbocycles. The molecule has 0 spiro atoms. The van der Waals surface area contributed by atoms with Crippen molar-refractivity contribution in [3.05, 3.63) is 83.1 Å². The molecule has 11 heteroatoms. The number of carbonyl (C=O) groups excluding carboxylic acids is 2. The summed E-state index contributed by atoms with van der Waals surface area (Å²) in [5.74, 6) is -0.840. The van der Waals surface area contributed by atoms with Gasteiger partial charge in [0, 0.05) is 42.3 Å². The number of nitrogens with zero attached hydrogens (tertiary/aromatic N) is 2. The fourth-order valence-electron chi connectivity index (χ4n) is 5.95. The summed E-state index contributed by atoms with van der Waals surface area (Å²) in [5.41, 5.74) is -2.12. The number of amides is 2. The third-order valence-electron chi connectivity index (χ3n) is 8.18. The van der Waals surface area contributed by atoms with Gasteiger partial charge >= 0.3 is 12.4 Å². The van der Waals surface area contributed by atoms with Crippen molar-refractivity contribution >= 4 is 22.7 Å². The number of hydrogen-bond acceptors (Lipinski definition) is 2. The summed E-state index contributed by atoms with van der Waals surface area (Å²) >= 11 is 0. The van der Waals surface area contributed by atoms with Crippen LogP contribution in [0.1, 0.15) is 59.2 Å². The number of fused-ring (bicyclic) bond motifs is 1. The van der Waals surface area contributed by atoms with E-state index >= 15 is 0 Å². The molecule has 1 saturated carbocycles. The predicted octanol–water partition coefficient (Wildman–Crippen LogP) is 7.24. The molecule has 0 radical (unpaired) electrons. The van der Waals surface area contributed by atoms with Crippen LogP contribution in [0.3, 0.4) is 0 Å². The lowest BCUT2D eigenvalue weighted by molar-refractivity contribution is -0.143. The molecule has 1 aliphatic heterocycles. The normalized spacial score (nSPS) is 19.1. The number of halogens is 6. The summed E-state index contributed by atoms with van der Waals surface area (Å²) in [4.78, 5) is 32.8. The first kappa shape index (κ1) is 29.7. The van der Waals surface area contributed by atoms with E-state index < -0.39 is 41.0 Å². The number of aromatic amines is 1. The Morgan fingerprint density at radius 1 is 0.905 bits per heavy atom. The molecule has 1 unspecified atom stereocenters. The van der Waals surface area contributed by atoms with Gasteiger partial charge in [0.1, 0.15) is 0 Å². The van der Waals surface area contributed by atoms with Gasteiger partial charge in [-0.3, -0.25) is 9.59 Å². The topological polar surface area (TPSA) is 56.4 Å². The van der Waals surface area contributed by atoms with Crippen molar-refractivity contribution in [1.82, 2.24) is 14.8 Å². The second kappa shape index (κ2) is 11.9. The van der Waals surface area contributed by atoms with Crippen molar-refractivity contribution in [2.75, 3.05) is 19.6 Å². The molecule has 224 valence electrons. The average Bonchev–Trinajstić information content (AvgIpc) is 3.37. The van der Waals surface area contributed by atoms with E-state index in [1.807, 2.05) is 30.3 Å². The lowest BCUT2D eigenvalue weighted by Gasteiger charge is -2.41. The maximum Gasteiger partial charge on any atom is 0.416 e. The highest BCUT2D eigenvalue weighted by Gasteiger charge is 2.39. The van der Waals surface area contributed by atoms with Gasteiger partial charge in [-0.25, -0.2) is 0 Å². The van der Waals surface area contributed by atoms with E-state index in [2.05, 4.69) is 4.98 Å². The van der Waals surface area contributed by atoms with Crippen molar-refractivity contribution in [3.8, 4) is 0 Å². The number of alkyl halides is 6. The van der Waals surface area contributed by atoms with E-state index in [0.29, 0.717) is 18.1 Å². The van der Waals surface area contributed by atoms with Crippen LogP contribution in [-0.4, -0.2) is 52.3 Å². The molecule has 3 aromatic rings. The molecule has 1 aliphatic carbocycles. The highest BCUT2D eigenvalue weighted by Crippen LogP contribution is 2.37. The van der Waals surface area contributed by atoms with Crippen LogP contribution in [0.4, 0.5) is 26.3 Å². The van der Waals surface area contributed by atoms with Crippen LogP contribution in [0, 0.1) is 5.92 Å². The number of rotatable bonds is 5. The van der Waals surface area contributed by atoms with Gasteiger partial charge in [0.15, 0.2) is 0 Å². The maximum atomic E-state index is 13.6. The molecule has 5 nitrogen and oxygen atoms in total. The Hall–Kier alpha value is -3.76. The highest BCUT2D eigenvalue weighted by atomic mass is 19.4. The minimum absolute atomic E-state index is 0.00938. The Balaban J connectivity index is 1.44. The smallest absolute Gasteiger partial charge is 0.361 e. The first-order valence-corrected chi connectivity index (χ1v) is 14.0. The number of nitrogens with one attached hydrogen (secondary N) is 1. The third kappa shape index (κ3) is 6.65. The lowest BCUT2D eigenvalue weighted by atomic mass is 9.89. The quantitative estimate of drug-likeness (QED) is 0.251. The minimum Gasteiger partial charge on any atom is -0.361 e. The number of aromatic nitrogens is 1. The van der Waals surface area contributed by atoms with E-state index in [1.165, 1.54) is 11.3 Å². The van der Waals surface area contributed by atoms with Crippen molar-refractivity contribution in [1.29, 1.82) is 0 Å². The van der Waals surface area contributed by atoms with Crippen molar-refractivity contribution in [2.24, 2.45) is 5.92 Å². The molecule has 1 saturated heterocycles. The van der Waals surface area contributed by atoms with Crippen molar-refractivity contribution in [3.63, 3.8) is 0 Å². The molecule has 0 bridgehead atoms. The molecular formula is C31H31F6N3O2. The van der Waals surface area contributed by atoms with E-state index in [1.54, 1.807) is 17.2 Å². The zero-order valence-corrected chi connectivity index (χ0v) is 22.8. The molecule has 42 heavy (non-hydrogen) atoms. The second-order valence-corrected chi connectivity index (χ2v) is 11.1. The lowest BCUT2D eigenvalue weighted by Crippen LogP contribution is -2.57. The average molecular weight is 592 g/mol. The standard InChI is InChI=1S/C31H31F6N3O2/c32-30(33,34)23-14-21(15-24(17-23)31(35,36)37)29(42)40-13-12-39(28(41)11-10-20-6-2-1-3-7-20)19-25(40)16-22-18-38-27-9-5-4-8-26(22)27/h4-5,8-11,14-15,17-18,20,25,38H,1-3,6-7,12-13,16,19H2/b11-10+.